The fraction of sp³-hybridized carbons (Fsp3) is 0.455. The smallest absolute Gasteiger partial charge is 0.303 e. The third kappa shape index (κ3) is 3.97. The molecule has 1 heterocycles. The van der Waals surface area contributed by atoms with Crippen LogP contribution in [0.2, 0.25) is 0 Å². The van der Waals surface area contributed by atoms with Gasteiger partial charge in [0.15, 0.2) is 0 Å². The van der Waals surface area contributed by atoms with Crippen molar-refractivity contribution >= 4 is 11.7 Å². The molecule has 0 radical (unpaired) electrons. The van der Waals surface area contributed by atoms with Gasteiger partial charge >= 0.3 is 5.97 Å². The van der Waals surface area contributed by atoms with Crippen LogP contribution in [0.3, 0.4) is 0 Å². The highest BCUT2D eigenvalue weighted by molar-refractivity contribution is 5.67. The van der Waals surface area contributed by atoms with Gasteiger partial charge in [0.25, 0.3) is 0 Å². The maximum Gasteiger partial charge on any atom is 0.303 e. The van der Waals surface area contributed by atoms with Gasteiger partial charge < -0.3 is 10.0 Å². The first-order valence-electron chi connectivity index (χ1n) is 4.92. The minimum Gasteiger partial charge on any atom is -0.481 e. The Balaban J connectivity index is 2.49. The highest BCUT2D eigenvalue weighted by atomic mass is 16.4. The summed E-state index contributed by atoms with van der Waals surface area (Å²) < 4.78 is 0. The number of aliphatic carboxylic acids is 1. The minimum atomic E-state index is -0.748. The first-order valence-corrected chi connectivity index (χ1v) is 4.92. The number of hydrogen-bond acceptors (Lipinski definition) is 3. The van der Waals surface area contributed by atoms with E-state index in [0.717, 1.165) is 12.2 Å². The van der Waals surface area contributed by atoms with Crippen LogP contribution >= 0.6 is 0 Å². The molecule has 0 aliphatic rings. The van der Waals surface area contributed by atoms with Crippen LogP contribution < -0.4 is 4.90 Å². The average Bonchev–Trinajstić information content (AvgIpc) is 2.17. The quantitative estimate of drug-likeness (QED) is 0.799. The third-order valence-corrected chi connectivity index (χ3v) is 2.20. The number of carbonyl (C=O) groups is 1. The molecule has 1 N–H and O–H groups in total. The average molecular weight is 208 g/mol. The molecule has 1 aromatic heterocycles. The van der Waals surface area contributed by atoms with E-state index in [1.165, 1.54) is 0 Å². The topological polar surface area (TPSA) is 53.4 Å². The van der Waals surface area contributed by atoms with Gasteiger partial charge in [-0.25, -0.2) is 0 Å². The lowest BCUT2D eigenvalue weighted by Crippen LogP contribution is -2.25. The second kappa shape index (κ2) is 5.34. The molecule has 0 saturated carbocycles. The van der Waals surface area contributed by atoms with Crippen LogP contribution in [0.4, 0.5) is 5.69 Å². The van der Waals surface area contributed by atoms with Gasteiger partial charge in [0.05, 0.1) is 11.9 Å². The van der Waals surface area contributed by atoms with Gasteiger partial charge in [0.2, 0.25) is 0 Å². The fourth-order valence-electron chi connectivity index (χ4n) is 1.52. The van der Waals surface area contributed by atoms with Crippen LogP contribution in [0.15, 0.2) is 24.5 Å². The summed E-state index contributed by atoms with van der Waals surface area (Å²) in [5.74, 6) is -0.616. The molecule has 0 bridgehead atoms. The summed E-state index contributed by atoms with van der Waals surface area (Å²) >= 11 is 0. The Bertz CT molecular complexity index is 314. The Morgan fingerprint density at radius 3 is 2.93 bits per heavy atom. The molecule has 0 aliphatic heterocycles. The highest BCUT2D eigenvalue weighted by Gasteiger charge is 2.10. The number of pyridine rings is 1. The zero-order valence-corrected chi connectivity index (χ0v) is 9.05. The Hall–Kier alpha value is -1.58. The summed E-state index contributed by atoms with van der Waals surface area (Å²) in [6.07, 6.45) is 3.69. The first kappa shape index (κ1) is 11.5. The van der Waals surface area contributed by atoms with Gasteiger partial charge in [-0.05, 0) is 18.1 Å². The highest BCUT2D eigenvalue weighted by Crippen LogP contribution is 2.12. The van der Waals surface area contributed by atoms with E-state index in [4.69, 9.17) is 5.11 Å². The normalized spacial score (nSPS) is 12.1. The van der Waals surface area contributed by atoms with Crippen LogP contribution in [-0.4, -0.2) is 29.7 Å². The summed E-state index contributed by atoms with van der Waals surface area (Å²) in [6.45, 7) is 2.65. The molecule has 0 aromatic carbocycles. The molecule has 0 spiro atoms. The van der Waals surface area contributed by atoms with Crippen LogP contribution in [0, 0.1) is 5.92 Å². The van der Waals surface area contributed by atoms with Crippen LogP contribution in [0.1, 0.15) is 13.3 Å². The largest absolute Gasteiger partial charge is 0.481 e. The molecular formula is C11H16N2O2. The molecule has 1 unspecified atom stereocenters. The number of aromatic nitrogens is 1. The van der Waals surface area contributed by atoms with E-state index in [9.17, 15) is 4.79 Å². The Morgan fingerprint density at radius 1 is 1.67 bits per heavy atom. The predicted octanol–water partition coefficient (Wildman–Crippen LogP) is 1.63. The van der Waals surface area contributed by atoms with Crippen molar-refractivity contribution in [1.82, 2.24) is 4.98 Å². The number of nitrogens with zero attached hydrogens (tertiary/aromatic N) is 2. The number of carboxylic acids is 1. The Kier molecular flexibility index (Phi) is 4.09. The van der Waals surface area contributed by atoms with Gasteiger partial charge in [-0.3, -0.25) is 9.78 Å². The van der Waals surface area contributed by atoms with E-state index in [0.29, 0.717) is 0 Å². The van der Waals surface area contributed by atoms with E-state index < -0.39 is 5.97 Å². The van der Waals surface area contributed by atoms with Gasteiger partial charge in [-0.2, -0.15) is 0 Å². The zero-order valence-electron chi connectivity index (χ0n) is 9.05. The summed E-state index contributed by atoms with van der Waals surface area (Å²) in [5.41, 5.74) is 1.01. The SMILES string of the molecule is CC(CC(=O)O)CN(C)c1cccnc1. The molecule has 0 amide bonds. The first-order chi connectivity index (χ1) is 7.09. The Labute approximate surface area is 89.6 Å². The lowest BCUT2D eigenvalue weighted by Gasteiger charge is -2.22. The monoisotopic (exact) mass is 208 g/mol. The van der Waals surface area contributed by atoms with E-state index in [2.05, 4.69) is 4.98 Å². The second-order valence-corrected chi connectivity index (χ2v) is 3.79. The summed E-state index contributed by atoms with van der Waals surface area (Å²) in [4.78, 5) is 16.5. The number of carboxylic acid groups (broad SMARTS) is 1. The van der Waals surface area contributed by atoms with Crippen molar-refractivity contribution in [1.29, 1.82) is 0 Å². The van der Waals surface area contributed by atoms with Crippen LogP contribution in [-0.2, 0) is 4.79 Å². The van der Waals surface area contributed by atoms with Gasteiger partial charge in [-0.1, -0.05) is 6.92 Å². The lowest BCUT2D eigenvalue weighted by atomic mass is 10.1. The maximum atomic E-state index is 10.5. The second-order valence-electron chi connectivity index (χ2n) is 3.79. The molecule has 0 fully saturated rings. The molecule has 4 nitrogen and oxygen atoms in total. The lowest BCUT2D eigenvalue weighted by molar-refractivity contribution is -0.137. The molecule has 82 valence electrons. The maximum absolute atomic E-state index is 10.5. The standard InChI is InChI=1S/C11H16N2O2/c1-9(6-11(14)15)8-13(2)10-4-3-5-12-7-10/h3-5,7,9H,6,8H2,1-2H3,(H,14,15). The fourth-order valence-corrected chi connectivity index (χ4v) is 1.52. The summed E-state index contributed by atoms with van der Waals surface area (Å²) in [5, 5.41) is 8.64. The molecule has 1 atom stereocenters. The van der Waals surface area contributed by atoms with Crippen LogP contribution in [0.25, 0.3) is 0 Å². The number of hydrogen-bond donors (Lipinski definition) is 1. The molecule has 4 heteroatoms. The molecular weight excluding hydrogens is 192 g/mol. The van der Waals surface area contributed by atoms with Crippen molar-refractivity contribution in [2.75, 3.05) is 18.5 Å². The van der Waals surface area contributed by atoms with E-state index in [1.54, 1.807) is 12.4 Å². The van der Waals surface area contributed by atoms with Gasteiger partial charge in [0, 0.05) is 26.2 Å². The molecule has 1 rings (SSSR count). The minimum absolute atomic E-state index is 0.132. The van der Waals surface area contributed by atoms with Gasteiger partial charge in [-0.15, -0.1) is 0 Å². The van der Waals surface area contributed by atoms with E-state index in [-0.39, 0.29) is 12.3 Å². The molecule has 0 aliphatic carbocycles. The van der Waals surface area contributed by atoms with Crippen molar-refractivity contribution in [2.24, 2.45) is 5.92 Å². The number of anilines is 1. The van der Waals surface area contributed by atoms with Crippen molar-refractivity contribution in [2.45, 2.75) is 13.3 Å². The van der Waals surface area contributed by atoms with Crippen molar-refractivity contribution in [3.05, 3.63) is 24.5 Å². The summed E-state index contributed by atoms with van der Waals surface area (Å²) in [6, 6.07) is 3.83. The van der Waals surface area contributed by atoms with E-state index in [1.807, 2.05) is 31.0 Å². The predicted molar refractivity (Wildman–Crippen MR) is 58.9 cm³/mol. The molecule has 0 saturated heterocycles. The zero-order chi connectivity index (χ0) is 11.3. The third-order valence-electron chi connectivity index (χ3n) is 2.20. The number of rotatable bonds is 5. The van der Waals surface area contributed by atoms with Crippen molar-refractivity contribution in [3.8, 4) is 0 Å². The Morgan fingerprint density at radius 2 is 2.40 bits per heavy atom. The van der Waals surface area contributed by atoms with Crippen LogP contribution in [0.5, 0.6) is 0 Å². The van der Waals surface area contributed by atoms with Crippen molar-refractivity contribution in [3.63, 3.8) is 0 Å². The van der Waals surface area contributed by atoms with Crippen molar-refractivity contribution < 1.29 is 9.90 Å². The van der Waals surface area contributed by atoms with Gasteiger partial charge in [0.1, 0.15) is 0 Å². The molecule has 15 heavy (non-hydrogen) atoms. The van der Waals surface area contributed by atoms with E-state index >= 15 is 0 Å². The molecule has 1 aromatic rings. The summed E-state index contributed by atoms with van der Waals surface area (Å²) in [7, 11) is 1.94.